The van der Waals surface area contributed by atoms with Gasteiger partial charge in [-0.3, -0.25) is 14.9 Å². The molecule has 0 amide bonds. The molecular formula is C26H33FN4O2S2. The molecule has 2 atom stereocenters. The van der Waals surface area contributed by atoms with Gasteiger partial charge in [-0.2, -0.15) is 4.39 Å². The number of nitrogens with one attached hydrogen (secondary N) is 1. The number of aromatic nitrogens is 2. The number of pyridine rings is 2. The van der Waals surface area contributed by atoms with Crippen molar-refractivity contribution >= 4 is 21.4 Å². The molecule has 9 heteroatoms. The predicted octanol–water partition coefficient (Wildman–Crippen LogP) is 4.84. The van der Waals surface area contributed by atoms with E-state index in [1.54, 1.807) is 6.20 Å². The Morgan fingerprint density at radius 1 is 1.20 bits per heavy atom. The van der Waals surface area contributed by atoms with E-state index >= 15 is 0 Å². The Labute approximate surface area is 211 Å². The maximum absolute atomic E-state index is 13.7. The Kier molecular flexibility index (Phi) is 7.43. The molecule has 0 bridgehead atoms. The summed E-state index contributed by atoms with van der Waals surface area (Å²) in [7, 11) is -3.51. The largest absolute Gasteiger partial charge is 0.293 e. The Morgan fingerprint density at radius 2 is 2.00 bits per heavy atom. The Morgan fingerprint density at radius 3 is 2.60 bits per heavy atom. The molecule has 1 N–H and O–H groups in total. The molecule has 4 rings (SSSR count). The van der Waals surface area contributed by atoms with Gasteiger partial charge >= 0.3 is 0 Å². The summed E-state index contributed by atoms with van der Waals surface area (Å²) in [6.45, 7) is 7.81. The zero-order valence-electron chi connectivity index (χ0n) is 20.7. The molecule has 1 aliphatic heterocycles. The second kappa shape index (κ2) is 10.0. The van der Waals surface area contributed by atoms with Crippen LogP contribution in [0.15, 0.2) is 54.9 Å². The van der Waals surface area contributed by atoms with Crippen LogP contribution in [-0.4, -0.2) is 42.6 Å². The SMILES string of the molecule is Cc1ccc(C(C)(C)N2CCC(CCc3ccc(F)s3)(C(NS(C)(=O)=O)c3ccccn3)C2)cn1. The molecule has 0 aliphatic carbocycles. The number of likely N-dealkylation sites (tertiary alicyclic amines) is 1. The lowest BCUT2D eigenvalue weighted by atomic mass is 9.74. The van der Waals surface area contributed by atoms with Crippen LogP contribution in [0.25, 0.3) is 0 Å². The molecule has 6 nitrogen and oxygen atoms in total. The van der Waals surface area contributed by atoms with Crippen LogP contribution in [0.3, 0.4) is 0 Å². The summed E-state index contributed by atoms with van der Waals surface area (Å²) in [4.78, 5) is 12.4. The highest BCUT2D eigenvalue weighted by Gasteiger charge is 2.49. The zero-order valence-corrected chi connectivity index (χ0v) is 22.3. The molecule has 0 radical (unpaired) electrons. The average Bonchev–Trinajstić information content (AvgIpc) is 3.44. The molecule has 1 fully saturated rings. The zero-order chi connectivity index (χ0) is 25.3. The monoisotopic (exact) mass is 516 g/mol. The number of aryl methyl sites for hydroxylation is 2. The predicted molar refractivity (Wildman–Crippen MR) is 138 cm³/mol. The number of thiophene rings is 1. The Hall–Kier alpha value is -2.20. The van der Waals surface area contributed by atoms with E-state index in [4.69, 9.17) is 0 Å². The standard InChI is InChI=1S/C26H33FN4O2S2/c1-19-8-9-20(17-29-19)25(2,3)31-16-14-26(18-31,13-12-21-10-11-23(27)34-21)24(30-35(4,32)33)22-7-5-6-15-28-22/h5-11,15,17,24,30H,12-14,16,18H2,1-4H3. The maximum Gasteiger partial charge on any atom is 0.209 e. The minimum absolute atomic E-state index is 0.203. The Balaban J connectivity index is 1.72. The molecule has 3 aromatic rings. The number of rotatable bonds is 9. The van der Waals surface area contributed by atoms with Crippen molar-refractivity contribution in [1.82, 2.24) is 19.6 Å². The average molecular weight is 517 g/mol. The minimum Gasteiger partial charge on any atom is -0.293 e. The van der Waals surface area contributed by atoms with Gasteiger partial charge in [0.1, 0.15) is 0 Å². The fraction of sp³-hybridized carbons (Fsp3) is 0.462. The van der Waals surface area contributed by atoms with Gasteiger partial charge < -0.3 is 0 Å². The fourth-order valence-electron chi connectivity index (χ4n) is 5.09. The third-order valence-electron chi connectivity index (χ3n) is 7.22. The number of nitrogens with zero attached hydrogens (tertiary/aromatic N) is 3. The van der Waals surface area contributed by atoms with E-state index in [0.29, 0.717) is 25.1 Å². The van der Waals surface area contributed by atoms with Crippen molar-refractivity contribution in [2.45, 2.75) is 51.6 Å². The maximum atomic E-state index is 13.7. The van der Waals surface area contributed by atoms with Gasteiger partial charge in [0.15, 0.2) is 5.13 Å². The first-order valence-electron chi connectivity index (χ1n) is 11.8. The van der Waals surface area contributed by atoms with Gasteiger partial charge in [-0.05, 0) is 82.5 Å². The van der Waals surface area contributed by atoms with Crippen LogP contribution < -0.4 is 4.72 Å². The second-order valence-corrected chi connectivity index (χ2v) is 13.0. The highest BCUT2D eigenvalue weighted by atomic mass is 32.2. The summed E-state index contributed by atoms with van der Waals surface area (Å²) < 4.78 is 41.7. The van der Waals surface area contributed by atoms with Crippen molar-refractivity contribution in [1.29, 1.82) is 0 Å². The lowest BCUT2D eigenvalue weighted by Crippen LogP contribution is -2.46. The minimum atomic E-state index is -3.51. The van der Waals surface area contributed by atoms with Gasteiger partial charge in [0, 0.05) is 40.5 Å². The molecule has 35 heavy (non-hydrogen) atoms. The van der Waals surface area contributed by atoms with Crippen LogP contribution in [0.5, 0.6) is 0 Å². The van der Waals surface area contributed by atoms with E-state index in [9.17, 15) is 12.8 Å². The first-order chi connectivity index (χ1) is 16.5. The van der Waals surface area contributed by atoms with E-state index in [-0.39, 0.29) is 10.7 Å². The van der Waals surface area contributed by atoms with Gasteiger partial charge in [-0.1, -0.05) is 12.1 Å². The first-order valence-corrected chi connectivity index (χ1v) is 14.5. The second-order valence-electron chi connectivity index (χ2n) is 10.1. The Bertz CT molecular complexity index is 1250. The van der Waals surface area contributed by atoms with Gasteiger partial charge in [-0.25, -0.2) is 13.1 Å². The van der Waals surface area contributed by atoms with Crippen molar-refractivity contribution < 1.29 is 12.8 Å². The van der Waals surface area contributed by atoms with Crippen LogP contribution in [0.2, 0.25) is 0 Å². The topological polar surface area (TPSA) is 75.2 Å². The van der Waals surface area contributed by atoms with E-state index in [2.05, 4.69) is 39.5 Å². The van der Waals surface area contributed by atoms with Crippen molar-refractivity contribution in [3.8, 4) is 0 Å². The highest BCUT2D eigenvalue weighted by molar-refractivity contribution is 7.88. The number of sulfonamides is 1. The van der Waals surface area contributed by atoms with E-state index < -0.39 is 21.5 Å². The van der Waals surface area contributed by atoms with Crippen LogP contribution in [0.1, 0.15) is 54.6 Å². The van der Waals surface area contributed by atoms with E-state index in [0.717, 1.165) is 40.4 Å². The third kappa shape index (κ3) is 5.97. The summed E-state index contributed by atoms with van der Waals surface area (Å²) in [6, 6.07) is 12.5. The molecule has 0 spiro atoms. The lowest BCUT2D eigenvalue weighted by Gasteiger charge is -2.41. The van der Waals surface area contributed by atoms with Crippen LogP contribution in [0.4, 0.5) is 4.39 Å². The van der Waals surface area contributed by atoms with Gasteiger partial charge in [0.2, 0.25) is 10.0 Å². The molecule has 3 aromatic heterocycles. The summed E-state index contributed by atoms with van der Waals surface area (Å²) in [5.41, 5.74) is 2.07. The van der Waals surface area contributed by atoms with Crippen LogP contribution in [-0.2, 0) is 22.0 Å². The molecule has 1 aliphatic rings. The van der Waals surface area contributed by atoms with Crippen molar-refractivity contribution in [2.75, 3.05) is 19.3 Å². The van der Waals surface area contributed by atoms with E-state index in [1.807, 2.05) is 43.5 Å². The lowest BCUT2D eigenvalue weighted by molar-refractivity contribution is 0.112. The normalized spacial score (nSPS) is 20.3. The van der Waals surface area contributed by atoms with E-state index in [1.165, 1.54) is 12.3 Å². The van der Waals surface area contributed by atoms with Crippen molar-refractivity contribution in [3.63, 3.8) is 0 Å². The summed E-state index contributed by atoms with van der Waals surface area (Å²) in [6.07, 6.45) is 6.98. The molecule has 1 saturated heterocycles. The van der Waals surface area contributed by atoms with Gasteiger partial charge in [-0.15, -0.1) is 11.3 Å². The van der Waals surface area contributed by atoms with Crippen LogP contribution >= 0.6 is 11.3 Å². The summed E-state index contributed by atoms with van der Waals surface area (Å²) in [5, 5.41) is -0.203. The smallest absolute Gasteiger partial charge is 0.209 e. The number of hydrogen-bond acceptors (Lipinski definition) is 6. The molecule has 0 aromatic carbocycles. The fourth-order valence-corrected chi connectivity index (χ4v) is 6.61. The number of halogens is 1. The molecule has 4 heterocycles. The van der Waals surface area contributed by atoms with Gasteiger partial charge in [0.25, 0.3) is 0 Å². The van der Waals surface area contributed by atoms with Crippen molar-refractivity contribution in [2.24, 2.45) is 5.41 Å². The molecule has 0 saturated carbocycles. The molecule has 188 valence electrons. The van der Waals surface area contributed by atoms with Crippen LogP contribution in [0, 0.1) is 17.5 Å². The quantitative estimate of drug-likeness (QED) is 0.441. The summed E-state index contributed by atoms with van der Waals surface area (Å²) in [5.74, 6) is 0. The third-order valence-corrected chi connectivity index (χ3v) is 8.82. The highest BCUT2D eigenvalue weighted by Crippen LogP contribution is 2.49. The molecule has 2 unspecified atom stereocenters. The van der Waals surface area contributed by atoms with Gasteiger partial charge in [0.05, 0.1) is 18.0 Å². The first kappa shape index (κ1) is 25.9. The molecular weight excluding hydrogens is 483 g/mol. The van der Waals surface area contributed by atoms with Crippen molar-refractivity contribution in [3.05, 3.63) is 81.8 Å². The summed E-state index contributed by atoms with van der Waals surface area (Å²) >= 11 is 1.15. The number of hydrogen-bond donors (Lipinski definition) is 1.